The molecular formula is C101H158N28O20. The molecule has 48 nitrogen and oxygen atoms in total. The third-order valence-corrected chi connectivity index (χ3v) is 22.4. The highest BCUT2D eigenvalue weighted by Gasteiger charge is 2.37. The molecule has 0 radical (unpaired) electrons. The second kappa shape index (κ2) is 57.4. The van der Waals surface area contributed by atoms with Crippen LogP contribution in [-0.4, -0.2) is 299 Å². The molecule has 8 N–H and O–H groups in total. The van der Waals surface area contributed by atoms with Crippen LogP contribution in [0.15, 0.2) is 122 Å². The first-order chi connectivity index (χ1) is 69.3. The van der Waals surface area contributed by atoms with E-state index in [1.54, 1.807) is 92.0 Å². The summed E-state index contributed by atoms with van der Waals surface area (Å²) in [6, 6.07) is 11.1. The number of likely N-dealkylation sites (tertiary alicyclic amines) is 6. The molecule has 822 valence electrons. The predicted molar refractivity (Wildman–Crippen MR) is 568 cm³/mol. The Kier molecular flexibility index (Phi) is 47.6. The molecule has 15 rings (SSSR count). The third-order valence-electron chi connectivity index (χ3n) is 22.4. The first kappa shape index (κ1) is 124. The van der Waals surface area contributed by atoms with Gasteiger partial charge in [0, 0.05) is 166 Å². The van der Waals surface area contributed by atoms with E-state index in [1.807, 2.05) is 164 Å². The van der Waals surface area contributed by atoms with Gasteiger partial charge >= 0.3 is 47.9 Å². The van der Waals surface area contributed by atoms with Gasteiger partial charge in [0.05, 0.1) is 93.6 Å². The number of ether oxygens (including phenoxy) is 10. The normalized spacial score (nSPS) is 17.8. The van der Waals surface area contributed by atoms with Crippen LogP contribution in [0.3, 0.4) is 0 Å². The van der Waals surface area contributed by atoms with E-state index in [0.717, 1.165) is 130 Å². The Balaban J connectivity index is 0.000000264. The maximum atomic E-state index is 12.4. The van der Waals surface area contributed by atoms with E-state index in [0.29, 0.717) is 94.3 Å². The van der Waals surface area contributed by atoms with Gasteiger partial charge in [-0.3, -0.25) is 50.1 Å². The maximum absolute atomic E-state index is 12.4. The molecule has 0 spiro atoms. The number of nitrogens with two attached hydrogens (primary N) is 3. The standard InChI is InChI=1S/C16H21N7O2.C16H23N5O2.C16H22N4O2.C15H22N4O4.C15H24N4O2.C10H20N2O2.C7H8N2O3.C4H10O3.2CH4/c1-16(2,3)25-15(24)22-8-4-5-11(10-22)23-13-6-7-18-9-12(13)19-14(23)20-21-17;1-16(2,3)23-15(22)20-8-4-5-11(10-20)21-13-6-7-18-9-12(13)19-14(21)17;1-16(2,3)22-15(21)19-8-4-5-12(10-19)20-11-18-13-9-17-7-6-14(13)20;1-15(2,3)23-14(20)18-8-4-5-11(10-18)17-12-6-7-16-9-13(12)19(21)22;1-15(2,3)21-14(20)19-8-4-5-11(10-19)18-13-6-7-17-9-12(13)16;1-10(2,3)14-9(13)12-6-4-5-8(11)7-12;1-2-12-7-3-4-8-5-6(7)9(10)11;1-5-4(6-2)7-3;;/h6-7,9,11H,4-5,8,10H2,1-3H3;6-7,9,11H,4-5,8,10H2,1-3H3,(H2,17,19);6-7,9,11-12H,4-5,8,10H2,1-3H3;6-7,9,11H,4-5,8,10H2,1-3H3,(H,16,17);6-7,9,11H,4-5,8,10,16H2,1-3H3,(H,17,18);8H,4-7,11H2,1-3H3;3-5H,2H2,1H3;4H,1-3H3;2*1H4. The lowest BCUT2D eigenvalue weighted by Gasteiger charge is -2.35. The molecule has 6 aliphatic rings. The van der Waals surface area contributed by atoms with Crippen LogP contribution in [0, 0.1) is 20.2 Å². The van der Waals surface area contributed by atoms with Gasteiger partial charge in [-0.25, -0.2) is 43.7 Å². The van der Waals surface area contributed by atoms with Crippen LogP contribution in [-0.2, 0) is 42.6 Å². The van der Waals surface area contributed by atoms with Gasteiger partial charge in [-0.2, -0.15) is 0 Å². The number of carbonyl (C=O) groups excluding carboxylic acids is 6. The summed E-state index contributed by atoms with van der Waals surface area (Å²) >= 11 is 0. The van der Waals surface area contributed by atoms with Gasteiger partial charge in [0.2, 0.25) is 5.95 Å². The number of piperidine rings is 6. The summed E-state index contributed by atoms with van der Waals surface area (Å²) in [4.78, 5) is 143. The van der Waals surface area contributed by atoms with Crippen LogP contribution < -0.4 is 32.6 Å². The smallest absolute Gasteiger partial charge is 0.410 e. The van der Waals surface area contributed by atoms with Crippen molar-refractivity contribution in [3.63, 3.8) is 0 Å². The van der Waals surface area contributed by atoms with E-state index >= 15 is 0 Å². The highest BCUT2D eigenvalue weighted by Crippen LogP contribution is 2.36. The molecule has 6 aliphatic heterocycles. The fourth-order valence-electron chi connectivity index (χ4n) is 16.3. The number of rotatable bonds is 15. The Morgan fingerprint density at radius 1 is 0.443 bits per heavy atom. The highest BCUT2D eigenvalue weighted by molar-refractivity contribution is 5.79. The number of nitrogens with zero attached hydrogens (tertiary/aromatic N) is 23. The monoisotopic (exact) mass is 2080 g/mol. The zero-order valence-electron chi connectivity index (χ0n) is 88.9. The molecular weight excluding hydrogens is 1930 g/mol. The number of pyridine rings is 6. The van der Waals surface area contributed by atoms with Gasteiger partial charge in [0.1, 0.15) is 68.2 Å². The average Bonchev–Trinajstić information content (AvgIpc) is 1.65. The Labute approximate surface area is 872 Å². The summed E-state index contributed by atoms with van der Waals surface area (Å²) in [5.74, 6) is 1.02. The number of nitrogen functional groups attached to an aromatic ring is 2. The number of aromatic nitrogens is 12. The van der Waals surface area contributed by atoms with E-state index in [1.165, 1.54) is 52.2 Å². The van der Waals surface area contributed by atoms with Crippen molar-refractivity contribution in [3.8, 4) is 5.75 Å². The first-order valence-electron chi connectivity index (χ1n) is 49.2. The number of hydrogen-bond acceptors (Lipinski definition) is 35. The number of methoxy groups -OCH3 is 3. The number of carbonyl (C=O) groups is 6. The molecule has 9 aromatic heterocycles. The summed E-state index contributed by atoms with van der Waals surface area (Å²) in [6.07, 6.45) is 30.3. The van der Waals surface area contributed by atoms with Crippen molar-refractivity contribution in [1.29, 1.82) is 0 Å². The summed E-state index contributed by atoms with van der Waals surface area (Å²) < 4.78 is 57.4. The second-order valence-corrected chi connectivity index (χ2v) is 41.5. The van der Waals surface area contributed by atoms with Crippen LogP contribution in [0.1, 0.15) is 242 Å². The molecule has 6 unspecified atom stereocenters. The average molecular weight is 2080 g/mol. The second-order valence-electron chi connectivity index (χ2n) is 41.5. The molecule has 0 aromatic carbocycles. The van der Waals surface area contributed by atoms with Crippen molar-refractivity contribution in [1.82, 2.24) is 88.0 Å². The number of azide groups is 1. The molecule has 15 heterocycles. The van der Waals surface area contributed by atoms with Crippen LogP contribution in [0.25, 0.3) is 43.5 Å². The number of imidazole rings is 3. The van der Waals surface area contributed by atoms with Gasteiger partial charge in [0.15, 0.2) is 11.7 Å². The topological polar surface area (TPSA) is 582 Å². The highest BCUT2D eigenvalue weighted by atomic mass is 16.8. The largest absolute Gasteiger partial charge is 0.487 e. The summed E-state index contributed by atoms with van der Waals surface area (Å²) in [5, 5.41) is 31.7. The molecule has 0 aliphatic carbocycles. The summed E-state index contributed by atoms with van der Waals surface area (Å²) in [5.41, 5.74) is 30.6. The molecule has 0 bridgehead atoms. The maximum Gasteiger partial charge on any atom is 0.410 e. The number of nitro groups is 2. The van der Waals surface area contributed by atoms with Gasteiger partial charge in [-0.05, 0) is 250 Å². The SMILES string of the molecule is C.C.CC(C)(C)OC(=O)N1CCCC(N)C1.CC(C)(C)OC(=O)N1CCCC(Nc2ccncc2N)C1.CC(C)(C)OC(=O)N1CCCC(Nc2ccncc2[N+](=O)[O-])C1.CC(C)(C)OC(=O)N1CCCC(n2c(N)nc3cnccc32)C1.CC(C)(C)OC(=O)N1CCCC(n2c(N=[N+]=[N-])nc3cnccc32)C1.CC(C)(C)OC(=O)N1CCCC(n2cnc3cnccc32)C1.CCOc1ccncc1[N+](=O)[O-].COC(OC)OC. The van der Waals surface area contributed by atoms with Crippen molar-refractivity contribution in [2.75, 3.05) is 129 Å². The lowest BCUT2D eigenvalue weighted by atomic mass is 10.1. The minimum absolute atomic E-state index is 0. The fraction of sp³-hybridized carbons (Fsp3) is 0.614. The van der Waals surface area contributed by atoms with Crippen molar-refractivity contribution < 1.29 is 86.0 Å². The van der Waals surface area contributed by atoms with E-state index in [2.05, 4.69) is 84.3 Å². The van der Waals surface area contributed by atoms with Crippen molar-refractivity contribution in [2.24, 2.45) is 10.8 Å². The lowest BCUT2D eigenvalue weighted by Crippen LogP contribution is -2.47. The Hall–Kier alpha value is -14.1. The molecule has 6 atom stereocenters. The zero-order valence-corrected chi connectivity index (χ0v) is 88.9. The Morgan fingerprint density at radius 2 is 0.785 bits per heavy atom. The lowest BCUT2D eigenvalue weighted by molar-refractivity contribution is -0.386. The minimum atomic E-state index is -0.540. The van der Waals surface area contributed by atoms with E-state index < -0.39 is 49.9 Å². The van der Waals surface area contributed by atoms with Gasteiger partial charge in [-0.15, -0.1) is 0 Å². The molecule has 149 heavy (non-hydrogen) atoms. The van der Waals surface area contributed by atoms with Crippen molar-refractivity contribution >= 4 is 110 Å². The first-order valence-corrected chi connectivity index (χ1v) is 49.2. The van der Waals surface area contributed by atoms with Gasteiger partial charge in [-0.1, -0.05) is 14.9 Å². The molecule has 6 fully saturated rings. The number of nitrogens with one attached hydrogen (secondary N) is 2. The van der Waals surface area contributed by atoms with E-state index in [-0.39, 0.29) is 105 Å². The van der Waals surface area contributed by atoms with Gasteiger partial charge < -0.3 is 118 Å². The zero-order chi connectivity index (χ0) is 108. The van der Waals surface area contributed by atoms with Crippen LogP contribution in [0.4, 0.5) is 69.1 Å². The number of anilines is 4. The van der Waals surface area contributed by atoms with Crippen LogP contribution in [0.2, 0.25) is 0 Å². The number of amides is 6. The number of hydrogen-bond donors (Lipinski definition) is 5. The van der Waals surface area contributed by atoms with Crippen molar-refractivity contribution in [2.45, 2.75) is 300 Å². The summed E-state index contributed by atoms with van der Waals surface area (Å²) in [6.45, 7) is 42.9. The van der Waals surface area contributed by atoms with Crippen LogP contribution >= 0.6 is 0 Å². The molecule has 0 saturated carbocycles. The molecule has 6 amide bonds. The summed E-state index contributed by atoms with van der Waals surface area (Å²) in [7, 11) is 4.53. The third kappa shape index (κ3) is 40.8. The van der Waals surface area contributed by atoms with Gasteiger partial charge in [0.25, 0.3) is 6.48 Å². The minimum Gasteiger partial charge on any atom is -0.487 e. The van der Waals surface area contributed by atoms with E-state index in [9.17, 15) is 49.0 Å². The molecule has 48 heteroatoms. The van der Waals surface area contributed by atoms with E-state index in [4.69, 9.17) is 55.9 Å². The van der Waals surface area contributed by atoms with Crippen LogP contribution in [0.5, 0.6) is 5.75 Å². The Bertz CT molecular complexity index is 5790. The quantitative estimate of drug-likeness (QED) is 0.0121. The molecule has 6 saturated heterocycles. The van der Waals surface area contributed by atoms with Crippen molar-refractivity contribution in [3.05, 3.63) is 148 Å². The predicted octanol–water partition coefficient (Wildman–Crippen LogP) is 19.0. The Morgan fingerprint density at radius 3 is 1.19 bits per heavy atom. The fourth-order valence-corrected chi connectivity index (χ4v) is 16.3. The molecule has 9 aromatic rings. The number of fused-ring (bicyclic) bond motifs is 3.